The smallest absolute Gasteiger partial charge is 0.251 e. The fourth-order valence-electron chi connectivity index (χ4n) is 3.35. The van der Waals surface area contributed by atoms with Gasteiger partial charge in [-0.25, -0.2) is 0 Å². The van der Waals surface area contributed by atoms with Crippen molar-refractivity contribution in [2.75, 3.05) is 32.8 Å². The Morgan fingerprint density at radius 2 is 2.00 bits per heavy atom. The van der Waals surface area contributed by atoms with Gasteiger partial charge in [0.25, 0.3) is 5.91 Å². The van der Waals surface area contributed by atoms with E-state index in [9.17, 15) is 9.90 Å². The third-order valence-corrected chi connectivity index (χ3v) is 4.75. The summed E-state index contributed by atoms with van der Waals surface area (Å²) >= 11 is 0. The third-order valence-electron chi connectivity index (χ3n) is 4.75. The second-order valence-electron chi connectivity index (χ2n) is 6.29. The maximum Gasteiger partial charge on any atom is 0.251 e. The lowest BCUT2D eigenvalue weighted by atomic mass is 10.1. The first-order chi connectivity index (χ1) is 10.1. The zero-order valence-corrected chi connectivity index (χ0v) is 13.5. The molecule has 0 aromatic rings. The molecule has 0 spiro atoms. The van der Waals surface area contributed by atoms with Gasteiger partial charge in [0, 0.05) is 38.8 Å². The van der Waals surface area contributed by atoms with Crippen LogP contribution >= 0.6 is 0 Å². The van der Waals surface area contributed by atoms with Gasteiger partial charge in [0.15, 0.2) is 0 Å². The molecule has 1 N–H and O–H groups in total. The minimum Gasteiger partial charge on any atom is -0.391 e. The van der Waals surface area contributed by atoms with Crippen molar-refractivity contribution in [3.8, 4) is 0 Å². The van der Waals surface area contributed by atoms with Crippen molar-refractivity contribution in [3.63, 3.8) is 0 Å². The number of carbonyl (C=O) groups is 1. The molecule has 1 heterocycles. The van der Waals surface area contributed by atoms with E-state index in [2.05, 4.69) is 11.8 Å². The van der Waals surface area contributed by atoms with Gasteiger partial charge in [0.2, 0.25) is 0 Å². The van der Waals surface area contributed by atoms with Crippen LogP contribution in [0.4, 0.5) is 0 Å². The molecule has 0 bridgehead atoms. The quantitative estimate of drug-likeness (QED) is 0.750. The molecule has 0 radical (unpaired) electrons. The van der Waals surface area contributed by atoms with Crippen molar-refractivity contribution in [2.24, 2.45) is 0 Å². The lowest BCUT2D eigenvalue weighted by molar-refractivity contribution is -0.145. The molecule has 0 aromatic heterocycles. The van der Waals surface area contributed by atoms with Crippen LogP contribution in [-0.2, 0) is 9.53 Å². The molecule has 1 saturated carbocycles. The Kier molecular flexibility index (Phi) is 6.45. The van der Waals surface area contributed by atoms with Gasteiger partial charge in [-0.1, -0.05) is 13.3 Å². The predicted octanol–water partition coefficient (Wildman–Crippen LogP) is 1.25. The Balaban J connectivity index is 1.73. The van der Waals surface area contributed by atoms with Crippen molar-refractivity contribution in [1.29, 1.82) is 0 Å². The summed E-state index contributed by atoms with van der Waals surface area (Å²) in [4.78, 5) is 16.6. The molecular weight excluding hydrogens is 268 g/mol. The lowest BCUT2D eigenvalue weighted by Crippen LogP contribution is -2.55. The summed E-state index contributed by atoms with van der Waals surface area (Å²) in [6, 6.07) is 0.306. The molecule has 1 amide bonds. The minimum absolute atomic E-state index is 0.109. The number of ether oxygens (including phenoxy) is 1. The highest BCUT2D eigenvalue weighted by atomic mass is 16.5. The van der Waals surface area contributed by atoms with Gasteiger partial charge in [-0.3, -0.25) is 9.69 Å². The molecule has 1 saturated heterocycles. The molecule has 5 nitrogen and oxygen atoms in total. The summed E-state index contributed by atoms with van der Waals surface area (Å²) in [5, 5.41) is 9.98. The number of unbranched alkanes of at least 4 members (excludes halogenated alkanes) is 1. The number of hydrogen-bond donors (Lipinski definition) is 1. The molecule has 2 fully saturated rings. The van der Waals surface area contributed by atoms with Gasteiger partial charge in [-0.15, -0.1) is 0 Å². The standard InChI is InChI=1S/C16H30N2O3/c1-3-4-12-21-13(2)16(20)18-10-8-17(9-11-18)14-6-5-7-15(14)19/h13-15,19H,3-12H2,1-2H3/t13-,14+,15+/m1/s1. The Morgan fingerprint density at radius 1 is 1.29 bits per heavy atom. The van der Waals surface area contributed by atoms with E-state index >= 15 is 0 Å². The summed E-state index contributed by atoms with van der Waals surface area (Å²) in [7, 11) is 0. The van der Waals surface area contributed by atoms with Gasteiger partial charge >= 0.3 is 0 Å². The number of hydrogen-bond acceptors (Lipinski definition) is 4. The first-order valence-corrected chi connectivity index (χ1v) is 8.46. The number of amides is 1. The fraction of sp³-hybridized carbons (Fsp3) is 0.938. The van der Waals surface area contributed by atoms with Gasteiger partial charge in [-0.2, -0.15) is 0 Å². The molecule has 1 aliphatic heterocycles. The molecule has 1 aliphatic carbocycles. The van der Waals surface area contributed by atoms with E-state index in [1.807, 2.05) is 11.8 Å². The van der Waals surface area contributed by atoms with Crippen LogP contribution in [0.1, 0.15) is 46.0 Å². The van der Waals surface area contributed by atoms with Gasteiger partial charge in [0.1, 0.15) is 6.10 Å². The number of piperazine rings is 1. The first kappa shape index (κ1) is 16.7. The maximum absolute atomic E-state index is 12.3. The van der Waals surface area contributed by atoms with Crippen molar-refractivity contribution >= 4 is 5.91 Å². The highest BCUT2D eigenvalue weighted by Crippen LogP contribution is 2.25. The molecule has 2 aliphatic rings. The lowest BCUT2D eigenvalue weighted by Gasteiger charge is -2.39. The van der Waals surface area contributed by atoms with Crippen molar-refractivity contribution in [1.82, 2.24) is 9.80 Å². The largest absolute Gasteiger partial charge is 0.391 e. The highest BCUT2D eigenvalue weighted by Gasteiger charge is 2.34. The van der Waals surface area contributed by atoms with E-state index in [1.165, 1.54) is 0 Å². The number of nitrogens with zero attached hydrogens (tertiary/aromatic N) is 2. The Morgan fingerprint density at radius 3 is 2.57 bits per heavy atom. The summed E-state index contributed by atoms with van der Waals surface area (Å²) in [6.07, 6.45) is 4.71. The average molecular weight is 298 g/mol. The van der Waals surface area contributed by atoms with Crippen LogP contribution in [0.5, 0.6) is 0 Å². The van der Waals surface area contributed by atoms with Crippen LogP contribution in [0.25, 0.3) is 0 Å². The zero-order valence-electron chi connectivity index (χ0n) is 13.5. The molecule has 2 rings (SSSR count). The third kappa shape index (κ3) is 4.41. The predicted molar refractivity (Wildman–Crippen MR) is 82.1 cm³/mol. The maximum atomic E-state index is 12.3. The summed E-state index contributed by atoms with van der Waals surface area (Å²) in [5.74, 6) is 0.109. The second-order valence-corrected chi connectivity index (χ2v) is 6.29. The zero-order chi connectivity index (χ0) is 15.2. The number of rotatable bonds is 6. The van der Waals surface area contributed by atoms with Gasteiger partial charge < -0.3 is 14.7 Å². The van der Waals surface area contributed by atoms with E-state index in [1.54, 1.807) is 0 Å². The Bertz CT molecular complexity index is 329. The van der Waals surface area contributed by atoms with Crippen molar-refractivity contribution in [3.05, 3.63) is 0 Å². The Labute approximate surface area is 128 Å². The SMILES string of the molecule is CCCCO[C@H](C)C(=O)N1CCN([C@H]2CCC[C@@H]2O)CC1. The molecule has 5 heteroatoms. The van der Waals surface area contributed by atoms with Crippen molar-refractivity contribution < 1.29 is 14.6 Å². The normalized spacial score (nSPS) is 28.8. The van der Waals surface area contributed by atoms with Crippen molar-refractivity contribution in [2.45, 2.75) is 64.2 Å². The van der Waals surface area contributed by atoms with Gasteiger partial charge in [-0.05, 0) is 32.6 Å². The van der Waals surface area contributed by atoms with Crippen LogP contribution < -0.4 is 0 Å². The molecule has 122 valence electrons. The minimum atomic E-state index is -0.333. The molecule has 0 unspecified atom stereocenters. The topological polar surface area (TPSA) is 53.0 Å². The van der Waals surface area contributed by atoms with Crippen LogP contribution in [0, 0.1) is 0 Å². The Hall–Kier alpha value is -0.650. The molecule has 21 heavy (non-hydrogen) atoms. The monoisotopic (exact) mass is 298 g/mol. The number of carbonyl (C=O) groups excluding carboxylic acids is 1. The summed E-state index contributed by atoms with van der Waals surface area (Å²) in [5.41, 5.74) is 0. The van der Waals surface area contributed by atoms with Crippen LogP contribution in [0.15, 0.2) is 0 Å². The van der Waals surface area contributed by atoms with Crippen LogP contribution in [-0.4, -0.2) is 71.8 Å². The summed E-state index contributed by atoms with van der Waals surface area (Å²) < 4.78 is 5.60. The van der Waals surface area contributed by atoms with E-state index in [0.717, 1.165) is 58.3 Å². The van der Waals surface area contributed by atoms with E-state index in [0.29, 0.717) is 12.6 Å². The molecule has 0 aromatic carbocycles. The first-order valence-electron chi connectivity index (χ1n) is 8.46. The van der Waals surface area contributed by atoms with E-state index in [4.69, 9.17) is 4.74 Å². The number of aliphatic hydroxyl groups is 1. The van der Waals surface area contributed by atoms with Crippen LogP contribution in [0.3, 0.4) is 0 Å². The molecule has 3 atom stereocenters. The molecular formula is C16H30N2O3. The number of aliphatic hydroxyl groups excluding tert-OH is 1. The van der Waals surface area contributed by atoms with Crippen LogP contribution in [0.2, 0.25) is 0 Å². The summed E-state index contributed by atoms with van der Waals surface area (Å²) in [6.45, 7) is 7.88. The van der Waals surface area contributed by atoms with Gasteiger partial charge in [0.05, 0.1) is 6.10 Å². The highest BCUT2D eigenvalue weighted by molar-refractivity contribution is 5.80. The van der Waals surface area contributed by atoms with E-state index in [-0.39, 0.29) is 18.1 Å². The second kappa shape index (κ2) is 8.11. The fourth-order valence-corrected chi connectivity index (χ4v) is 3.35. The average Bonchev–Trinajstić information content (AvgIpc) is 2.93. The van der Waals surface area contributed by atoms with E-state index < -0.39 is 0 Å².